The summed E-state index contributed by atoms with van der Waals surface area (Å²) in [5.74, 6) is -0.981. The number of benzene rings is 1. The second kappa shape index (κ2) is 7.63. The first kappa shape index (κ1) is 17.5. The first-order valence-corrected chi connectivity index (χ1v) is 7.74. The molecule has 0 fully saturated rings. The summed E-state index contributed by atoms with van der Waals surface area (Å²) >= 11 is 0. The van der Waals surface area contributed by atoms with Crippen LogP contribution in [0.5, 0.6) is 0 Å². The maximum absolute atomic E-state index is 12.4. The van der Waals surface area contributed by atoms with Gasteiger partial charge < -0.3 is 21.1 Å². The molecule has 0 aliphatic carbocycles. The zero-order valence-electron chi connectivity index (χ0n) is 13.6. The van der Waals surface area contributed by atoms with Crippen LogP contribution in [-0.4, -0.2) is 29.1 Å². The van der Waals surface area contributed by atoms with Crippen LogP contribution in [0.25, 0.3) is 0 Å². The normalized spacial score (nSPS) is 26.0. The first-order valence-electron chi connectivity index (χ1n) is 7.74. The van der Waals surface area contributed by atoms with Gasteiger partial charge in [0.25, 0.3) is 0 Å². The van der Waals surface area contributed by atoms with E-state index in [1.54, 1.807) is 38.1 Å². The number of anilines is 1. The Kier molecular flexibility index (Phi) is 5.57. The zero-order chi connectivity index (χ0) is 17.7. The van der Waals surface area contributed by atoms with Crippen molar-refractivity contribution in [2.45, 2.75) is 32.4 Å². The Labute approximate surface area is 140 Å². The Morgan fingerprint density at radius 1 is 1.21 bits per heavy atom. The predicted molar refractivity (Wildman–Crippen MR) is 89.5 cm³/mol. The minimum absolute atomic E-state index is 0.166. The summed E-state index contributed by atoms with van der Waals surface area (Å²) in [6.45, 7) is 3.52. The van der Waals surface area contributed by atoms with Gasteiger partial charge in [0.05, 0.1) is 12.0 Å². The van der Waals surface area contributed by atoms with Crippen LogP contribution >= 0.6 is 0 Å². The molecule has 3 atom stereocenters. The maximum atomic E-state index is 12.4. The molecule has 1 unspecified atom stereocenters. The van der Waals surface area contributed by atoms with Crippen LogP contribution in [0.3, 0.4) is 0 Å². The van der Waals surface area contributed by atoms with E-state index in [0.717, 1.165) is 5.56 Å². The summed E-state index contributed by atoms with van der Waals surface area (Å²) in [4.78, 5) is 35.5. The summed E-state index contributed by atoms with van der Waals surface area (Å²) in [7, 11) is 0. The van der Waals surface area contributed by atoms with E-state index in [1.165, 1.54) is 0 Å². The van der Waals surface area contributed by atoms with Gasteiger partial charge in [-0.25, -0.2) is 4.79 Å². The summed E-state index contributed by atoms with van der Waals surface area (Å²) < 4.78 is 0. The minimum atomic E-state index is -1.27. The van der Waals surface area contributed by atoms with E-state index in [4.69, 9.17) is 5.11 Å². The average molecular weight is 331 g/mol. The third-order valence-electron chi connectivity index (χ3n) is 3.87. The van der Waals surface area contributed by atoms with Crippen molar-refractivity contribution in [1.82, 2.24) is 10.6 Å². The van der Waals surface area contributed by atoms with E-state index in [0.29, 0.717) is 5.69 Å². The number of para-hydroxylation sites is 1. The van der Waals surface area contributed by atoms with E-state index < -0.39 is 24.0 Å². The van der Waals surface area contributed by atoms with Gasteiger partial charge in [-0.05, 0) is 25.0 Å². The van der Waals surface area contributed by atoms with Gasteiger partial charge in [0, 0.05) is 5.69 Å². The van der Waals surface area contributed by atoms with Crippen molar-refractivity contribution in [2.24, 2.45) is 5.92 Å². The summed E-state index contributed by atoms with van der Waals surface area (Å²) in [5, 5.41) is 16.8. The second-order valence-corrected chi connectivity index (χ2v) is 5.76. The molecule has 0 saturated carbocycles. The number of hydrogen-bond donors (Lipinski definition) is 4. The average Bonchev–Trinajstić information content (AvgIpc) is 2.52. The van der Waals surface area contributed by atoms with Crippen molar-refractivity contribution in [3.05, 3.63) is 42.0 Å². The lowest BCUT2D eigenvalue weighted by Gasteiger charge is -2.23. The molecule has 1 aliphatic heterocycles. The van der Waals surface area contributed by atoms with Crippen LogP contribution < -0.4 is 16.0 Å². The molecule has 0 bridgehead atoms. The fourth-order valence-electron chi connectivity index (χ4n) is 2.51. The third kappa shape index (κ3) is 4.34. The largest absolute Gasteiger partial charge is 0.465 e. The SMILES string of the molecule is CC1NC(=O)[C@@H](NC(=O)O)C/C=C/[C@@H](C)C(=O)Nc2ccccc21. The van der Waals surface area contributed by atoms with Crippen LogP contribution in [0, 0.1) is 5.92 Å². The summed E-state index contributed by atoms with van der Waals surface area (Å²) in [6.07, 6.45) is 2.20. The van der Waals surface area contributed by atoms with Crippen molar-refractivity contribution in [2.75, 3.05) is 5.32 Å². The smallest absolute Gasteiger partial charge is 0.405 e. The molecule has 3 amide bonds. The molecule has 128 valence electrons. The number of rotatable bonds is 1. The van der Waals surface area contributed by atoms with Crippen molar-refractivity contribution in [3.8, 4) is 0 Å². The molecule has 7 heteroatoms. The van der Waals surface area contributed by atoms with Gasteiger partial charge in [-0.1, -0.05) is 37.3 Å². The highest BCUT2D eigenvalue weighted by Crippen LogP contribution is 2.24. The molecule has 1 aromatic rings. The molecule has 4 N–H and O–H groups in total. The van der Waals surface area contributed by atoms with Crippen LogP contribution in [0.1, 0.15) is 31.9 Å². The molecule has 1 heterocycles. The van der Waals surface area contributed by atoms with Gasteiger partial charge in [0.15, 0.2) is 0 Å². The van der Waals surface area contributed by atoms with Crippen molar-refractivity contribution < 1.29 is 19.5 Å². The second-order valence-electron chi connectivity index (χ2n) is 5.76. The molecule has 2 rings (SSSR count). The third-order valence-corrected chi connectivity index (χ3v) is 3.87. The van der Waals surface area contributed by atoms with Gasteiger partial charge in [-0.2, -0.15) is 0 Å². The van der Waals surface area contributed by atoms with E-state index in [-0.39, 0.29) is 18.4 Å². The zero-order valence-corrected chi connectivity index (χ0v) is 13.6. The molecule has 7 nitrogen and oxygen atoms in total. The van der Waals surface area contributed by atoms with E-state index >= 15 is 0 Å². The van der Waals surface area contributed by atoms with E-state index in [9.17, 15) is 14.4 Å². The fraction of sp³-hybridized carbons (Fsp3) is 0.353. The van der Waals surface area contributed by atoms with Crippen LogP contribution in [0.2, 0.25) is 0 Å². The Hall–Kier alpha value is -2.83. The minimum Gasteiger partial charge on any atom is -0.465 e. The number of hydrogen-bond acceptors (Lipinski definition) is 3. The Morgan fingerprint density at radius 3 is 2.62 bits per heavy atom. The van der Waals surface area contributed by atoms with E-state index in [2.05, 4.69) is 16.0 Å². The summed E-state index contributed by atoms with van der Waals surface area (Å²) in [6, 6.07) is 5.90. The van der Waals surface area contributed by atoms with Gasteiger partial charge in [0.2, 0.25) is 11.8 Å². The molecular weight excluding hydrogens is 310 g/mol. The quantitative estimate of drug-likeness (QED) is 0.591. The summed E-state index contributed by atoms with van der Waals surface area (Å²) in [5.41, 5.74) is 1.38. The topological polar surface area (TPSA) is 108 Å². The molecule has 1 aliphatic rings. The number of amides is 3. The number of nitrogens with one attached hydrogen (secondary N) is 3. The van der Waals surface area contributed by atoms with Crippen LogP contribution in [-0.2, 0) is 9.59 Å². The van der Waals surface area contributed by atoms with Crippen molar-refractivity contribution >= 4 is 23.6 Å². The first-order chi connectivity index (χ1) is 11.4. The van der Waals surface area contributed by atoms with Crippen molar-refractivity contribution in [1.29, 1.82) is 0 Å². The standard InChI is InChI=1S/C17H21N3O4/c1-10-6-5-9-14(20-17(23)24)16(22)18-11(2)12-7-3-4-8-13(12)19-15(10)21/h3-8,10-11,14,20H,9H2,1-2H3,(H,18,22)(H,19,21)(H,23,24)/b6-5+/t10-,11?,14+/m1/s1. The number of carbonyl (C=O) groups excluding carboxylic acids is 2. The van der Waals surface area contributed by atoms with Crippen LogP contribution in [0.4, 0.5) is 10.5 Å². The lowest BCUT2D eigenvalue weighted by atomic mass is 10.0. The van der Waals surface area contributed by atoms with Crippen LogP contribution in [0.15, 0.2) is 36.4 Å². The van der Waals surface area contributed by atoms with Gasteiger partial charge in [-0.3, -0.25) is 9.59 Å². The Bertz CT molecular complexity index is 672. The molecule has 0 saturated heterocycles. The Morgan fingerprint density at radius 2 is 1.92 bits per heavy atom. The van der Waals surface area contributed by atoms with Gasteiger partial charge in [-0.15, -0.1) is 0 Å². The Balaban J connectivity index is 2.36. The molecular formula is C17H21N3O4. The lowest BCUT2D eigenvalue weighted by molar-refractivity contribution is -0.123. The molecule has 0 radical (unpaired) electrons. The highest BCUT2D eigenvalue weighted by molar-refractivity contribution is 5.94. The predicted octanol–water partition coefficient (Wildman–Crippen LogP) is 2.03. The molecule has 24 heavy (non-hydrogen) atoms. The lowest BCUT2D eigenvalue weighted by Crippen LogP contribution is -2.46. The molecule has 0 spiro atoms. The number of fused-ring (bicyclic) bond motifs is 1. The monoisotopic (exact) mass is 331 g/mol. The van der Waals surface area contributed by atoms with Crippen molar-refractivity contribution in [3.63, 3.8) is 0 Å². The van der Waals surface area contributed by atoms with Gasteiger partial charge >= 0.3 is 6.09 Å². The number of carboxylic acid groups (broad SMARTS) is 1. The molecule has 1 aromatic carbocycles. The highest BCUT2D eigenvalue weighted by Gasteiger charge is 2.23. The molecule has 0 aromatic heterocycles. The fourth-order valence-corrected chi connectivity index (χ4v) is 2.51. The number of carbonyl (C=O) groups is 3. The highest BCUT2D eigenvalue weighted by atomic mass is 16.4. The van der Waals surface area contributed by atoms with Gasteiger partial charge in [0.1, 0.15) is 6.04 Å². The maximum Gasteiger partial charge on any atom is 0.405 e. The van der Waals surface area contributed by atoms with E-state index in [1.807, 2.05) is 12.1 Å².